The van der Waals surface area contributed by atoms with Crippen LogP contribution in [-0.4, -0.2) is 15.0 Å². The van der Waals surface area contributed by atoms with Crippen molar-refractivity contribution >= 4 is 36.5 Å². The van der Waals surface area contributed by atoms with Gasteiger partial charge in [0.25, 0.3) is 0 Å². The van der Waals surface area contributed by atoms with Crippen LogP contribution in [0.15, 0.2) is 201 Å². The quantitative estimate of drug-likeness (QED) is 0.0904. The van der Waals surface area contributed by atoms with Crippen LogP contribution >= 0.6 is 0 Å². The molecular formula is C69H45F12N3. The monoisotopic (exact) mass is 1140 g/mol. The Kier molecular flexibility index (Phi) is 16.0. The van der Waals surface area contributed by atoms with E-state index in [0.29, 0.717) is 96.0 Å². The second-order valence-electron chi connectivity index (χ2n) is 19.9. The van der Waals surface area contributed by atoms with Gasteiger partial charge in [0.05, 0.1) is 39.3 Å². The van der Waals surface area contributed by atoms with Gasteiger partial charge in [-0.3, -0.25) is 15.0 Å². The highest BCUT2D eigenvalue weighted by Crippen LogP contribution is 2.42. The maximum Gasteiger partial charge on any atom is 0.416 e. The summed E-state index contributed by atoms with van der Waals surface area (Å²) < 4.78 is 172. The zero-order valence-electron chi connectivity index (χ0n) is 44.4. The summed E-state index contributed by atoms with van der Waals surface area (Å²) in [6.07, 6.45) is -4.76. The Morgan fingerprint density at radius 3 is 0.833 bits per heavy atom. The van der Waals surface area contributed by atoms with E-state index in [-0.39, 0.29) is 33.9 Å². The van der Waals surface area contributed by atoms with Crippen molar-refractivity contribution in [3.8, 4) is 67.2 Å². The Hall–Kier alpha value is -9.63. The topological polar surface area (TPSA) is 38.7 Å². The van der Waals surface area contributed by atoms with E-state index < -0.39 is 47.0 Å². The van der Waals surface area contributed by atoms with Gasteiger partial charge < -0.3 is 0 Å². The zero-order chi connectivity index (χ0) is 59.6. The molecule has 3 heterocycles. The van der Waals surface area contributed by atoms with Gasteiger partial charge in [0.2, 0.25) is 0 Å². The molecule has 0 aliphatic carbocycles. The summed E-state index contributed by atoms with van der Waals surface area (Å²) >= 11 is 0. The minimum atomic E-state index is -5.13. The predicted molar refractivity (Wildman–Crippen MR) is 308 cm³/mol. The first-order chi connectivity index (χ1) is 39.9. The Morgan fingerprint density at radius 1 is 0.274 bits per heavy atom. The Morgan fingerprint density at radius 2 is 0.560 bits per heavy atom. The van der Waals surface area contributed by atoms with Crippen LogP contribution in [0.2, 0.25) is 0 Å². The molecule has 10 aromatic rings. The molecule has 84 heavy (non-hydrogen) atoms. The number of aryl methyl sites for hydroxylation is 2. The van der Waals surface area contributed by atoms with Crippen molar-refractivity contribution in [1.82, 2.24) is 15.0 Å². The Balaban J connectivity index is 1.14. The summed E-state index contributed by atoms with van der Waals surface area (Å²) in [6, 6.07) is 45.1. The molecule has 0 spiro atoms. The zero-order valence-corrected chi connectivity index (χ0v) is 44.4. The van der Waals surface area contributed by atoms with Crippen molar-refractivity contribution in [2.75, 3.05) is 0 Å². The van der Waals surface area contributed by atoms with Crippen LogP contribution in [0.4, 0.5) is 52.7 Å². The van der Waals surface area contributed by atoms with Crippen LogP contribution in [0.3, 0.4) is 0 Å². The standard InChI is InChI=1S/C69H45F12N3/c1-42-27-53(34-56(29-42)66(70,71)72)60-38-50(63-9-3-6-24-82-63)21-18-47(60)15-12-44-31-45(13-16-48-19-22-51(64-10-4-7-25-83-64)39-61(48)54-28-43(2)30-57(35-54)67(73,74)75)33-46(32-44)14-17-49-20-23-52(65-11-5-8-26-84-65)40-62(49)55-36-58(68(76,77)78)41-59(37-55)69(79,80)81/h3-41H,1-2H3/b15-12-,16-13?,17-14?. The molecule has 7 aromatic carbocycles. The molecule has 0 unspecified atom stereocenters. The summed E-state index contributed by atoms with van der Waals surface area (Å²) in [5.74, 6) is 0. The van der Waals surface area contributed by atoms with Crippen molar-refractivity contribution in [3.63, 3.8) is 0 Å². The van der Waals surface area contributed by atoms with Gasteiger partial charge in [-0.05, 0) is 207 Å². The highest BCUT2D eigenvalue weighted by molar-refractivity contribution is 5.89. The third-order valence-corrected chi connectivity index (χ3v) is 13.7. The molecule has 0 aliphatic heterocycles. The van der Waals surface area contributed by atoms with Crippen LogP contribution in [0.5, 0.6) is 0 Å². The number of nitrogens with zero attached hydrogens (tertiary/aromatic N) is 3. The van der Waals surface area contributed by atoms with Gasteiger partial charge in [0.1, 0.15) is 0 Å². The van der Waals surface area contributed by atoms with Crippen LogP contribution in [0, 0.1) is 13.8 Å². The van der Waals surface area contributed by atoms with Crippen molar-refractivity contribution in [2.24, 2.45) is 0 Å². The van der Waals surface area contributed by atoms with Crippen LogP contribution < -0.4 is 0 Å². The summed E-state index contributed by atoms with van der Waals surface area (Å²) in [7, 11) is 0. The lowest BCUT2D eigenvalue weighted by atomic mass is 9.92. The van der Waals surface area contributed by atoms with Crippen LogP contribution in [0.1, 0.15) is 66.8 Å². The maximum atomic E-state index is 14.3. The number of alkyl halides is 12. The van der Waals surface area contributed by atoms with E-state index in [0.717, 1.165) is 24.3 Å². The predicted octanol–water partition coefficient (Wildman–Crippen LogP) is 21.1. The summed E-state index contributed by atoms with van der Waals surface area (Å²) in [5.41, 5.74) is 3.29. The molecule has 0 atom stereocenters. The van der Waals surface area contributed by atoms with Crippen molar-refractivity contribution in [2.45, 2.75) is 38.6 Å². The average molecular weight is 1140 g/mol. The number of halogens is 12. The molecule has 3 aromatic heterocycles. The number of pyridine rings is 3. The van der Waals surface area contributed by atoms with E-state index in [4.69, 9.17) is 0 Å². The van der Waals surface area contributed by atoms with Crippen molar-refractivity contribution < 1.29 is 52.7 Å². The molecule has 420 valence electrons. The number of hydrogen-bond donors (Lipinski definition) is 0. The number of benzene rings is 7. The second kappa shape index (κ2) is 23.3. The maximum absolute atomic E-state index is 14.3. The fraction of sp³-hybridized carbons (Fsp3) is 0.0870. The smallest absolute Gasteiger partial charge is 0.256 e. The van der Waals surface area contributed by atoms with Crippen LogP contribution in [-0.2, 0) is 24.7 Å². The van der Waals surface area contributed by atoms with Gasteiger partial charge in [-0.1, -0.05) is 103 Å². The Labute approximate surface area is 475 Å². The first-order valence-corrected chi connectivity index (χ1v) is 26.0. The van der Waals surface area contributed by atoms with Gasteiger partial charge in [0, 0.05) is 35.3 Å². The molecule has 10 rings (SSSR count). The van der Waals surface area contributed by atoms with E-state index in [1.807, 2.05) is 0 Å². The van der Waals surface area contributed by atoms with E-state index in [1.54, 1.807) is 196 Å². The minimum Gasteiger partial charge on any atom is -0.256 e. The van der Waals surface area contributed by atoms with Gasteiger partial charge in [-0.25, -0.2) is 0 Å². The molecule has 0 aliphatic rings. The van der Waals surface area contributed by atoms with Crippen LogP contribution in [0.25, 0.3) is 104 Å². The summed E-state index contributed by atoms with van der Waals surface area (Å²) in [5, 5.41) is 0. The molecule has 3 nitrogen and oxygen atoms in total. The second-order valence-corrected chi connectivity index (χ2v) is 19.9. The molecule has 0 amide bonds. The fourth-order valence-electron chi connectivity index (χ4n) is 9.80. The van der Waals surface area contributed by atoms with Gasteiger partial charge in [0.15, 0.2) is 0 Å². The van der Waals surface area contributed by atoms with Gasteiger partial charge in [-0.2, -0.15) is 52.7 Å². The Bertz CT molecular complexity index is 3930. The molecule has 15 heteroatoms. The summed E-state index contributed by atoms with van der Waals surface area (Å²) in [4.78, 5) is 13.3. The fourth-order valence-corrected chi connectivity index (χ4v) is 9.80. The van der Waals surface area contributed by atoms with Crippen molar-refractivity contribution in [3.05, 3.63) is 267 Å². The van der Waals surface area contributed by atoms with E-state index >= 15 is 0 Å². The average Bonchev–Trinajstić information content (AvgIpc) is 1.99. The molecule has 0 bridgehead atoms. The largest absolute Gasteiger partial charge is 0.416 e. The lowest BCUT2D eigenvalue weighted by Gasteiger charge is -2.16. The van der Waals surface area contributed by atoms with E-state index in [9.17, 15) is 52.7 Å². The van der Waals surface area contributed by atoms with Gasteiger partial charge >= 0.3 is 24.7 Å². The lowest BCUT2D eigenvalue weighted by molar-refractivity contribution is -0.143. The number of hydrogen-bond acceptors (Lipinski definition) is 3. The molecule has 0 fully saturated rings. The first-order valence-electron chi connectivity index (χ1n) is 26.0. The highest BCUT2D eigenvalue weighted by Gasteiger charge is 2.38. The highest BCUT2D eigenvalue weighted by atomic mass is 19.4. The number of rotatable bonds is 12. The minimum absolute atomic E-state index is 0.0280. The van der Waals surface area contributed by atoms with E-state index in [1.165, 1.54) is 12.3 Å². The molecule has 0 saturated carbocycles. The third-order valence-electron chi connectivity index (χ3n) is 13.7. The lowest BCUT2D eigenvalue weighted by Crippen LogP contribution is -2.11. The first kappa shape index (κ1) is 57.6. The number of aromatic nitrogens is 3. The molecule has 0 radical (unpaired) electrons. The molecule has 0 saturated heterocycles. The van der Waals surface area contributed by atoms with Crippen molar-refractivity contribution in [1.29, 1.82) is 0 Å². The van der Waals surface area contributed by atoms with Gasteiger partial charge in [-0.15, -0.1) is 0 Å². The summed E-state index contributed by atoms with van der Waals surface area (Å²) in [6.45, 7) is 3.14. The SMILES string of the molecule is Cc1cc(-c2cc(-c3ccccn3)ccc2C=Cc2cc(C=Cc3ccc(-c4ccccn4)cc3-c3cc(C(F)(F)F)cc(C(F)(F)F)c3)cc(/C=C\c3ccc(-c4ccccn4)cc3-c3cc(C)cc(C(F)(F)F)c3)c2)cc(C(F)(F)F)c1. The third kappa shape index (κ3) is 13.6. The normalized spacial score (nSPS) is 12.5. The molecular weight excluding hydrogens is 1100 g/mol. The van der Waals surface area contributed by atoms with E-state index in [2.05, 4.69) is 15.0 Å². The molecule has 0 N–H and O–H groups in total.